The molecular formula is C9H15O. The van der Waals surface area contributed by atoms with Gasteiger partial charge in [0.15, 0.2) is 0 Å². The van der Waals surface area contributed by atoms with Gasteiger partial charge in [0.1, 0.15) is 6.61 Å². The smallest absolute Gasteiger partial charge is 0.103 e. The van der Waals surface area contributed by atoms with Gasteiger partial charge in [-0.15, -0.1) is 0 Å². The average Bonchev–Trinajstić information content (AvgIpc) is 1.87. The lowest BCUT2D eigenvalue weighted by Gasteiger charge is -2.07. The predicted molar refractivity (Wildman–Crippen MR) is 41.3 cm³/mol. The number of allylic oxidation sites excluding steroid dienone is 1. The summed E-state index contributed by atoms with van der Waals surface area (Å²) in [7, 11) is 0. The van der Waals surface area contributed by atoms with E-state index in [1.165, 1.54) is 25.7 Å². The highest BCUT2D eigenvalue weighted by Gasteiger charge is 1.99. The summed E-state index contributed by atoms with van der Waals surface area (Å²) < 4.78 is 0. The first-order valence-electron chi connectivity index (χ1n) is 4.19. The third-order valence-corrected chi connectivity index (χ3v) is 2.07. The topological polar surface area (TPSA) is 19.9 Å². The summed E-state index contributed by atoms with van der Waals surface area (Å²) in [6, 6.07) is 0. The highest BCUT2D eigenvalue weighted by molar-refractivity contribution is 5.02. The maximum absolute atomic E-state index is 10.5. The van der Waals surface area contributed by atoms with E-state index in [2.05, 4.69) is 6.08 Å². The van der Waals surface area contributed by atoms with Crippen molar-refractivity contribution in [3.63, 3.8) is 0 Å². The minimum Gasteiger partial charge on any atom is -0.232 e. The molecule has 0 atom stereocenters. The molecule has 0 unspecified atom stereocenters. The second-order valence-electron chi connectivity index (χ2n) is 2.96. The van der Waals surface area contributed by atoms with Crippen LogP contribution < -0.4 is 0 Å². The third kappa shape index (κ3) is 2.53. The van der Waals surface area contributed by atoms with Crippen LogP contribution in [0.2, 0.25) is 0 Å². The van der Waals surface area contributed by atoms with Crippen LogP contribution in [0.4, 0.5) is 0 Å². The van der Waals surface area contributed by atoms with E-state index in [-0.39, 0.29) is 6.61 Å². The normalized spacial score (nSPS) is 26.3. The standard InChI is InChI=1S/C9H15O/c10-8-9-6-4-2-1-3-5-7-9/h6H,1-5,7-8H2/b9-6+. The summed E-state index contributed by atoms with van der Waals surface area (Å²) >= 11 is 0. The molecule has 0 heterocycles. The fraction of sp³-hybridized carbons (Fsp3) is 0.778. The first kappa shape index (κ1) is 7.80. The van der Waals surface area contributed by atoms with E-state index in [0.29, 0.717) is 0 Å². The molecule has 10 heavy (non-hydrogen) atoms. The first-order valence-corrected chi connectivity index (χ1v) is 4.19. The highest BCUT2D eigenvalue weighted by atomic mass is 16.3. The van der Waals surface area contributed by atoms with Crippen molar-refractivity contribution in [3.8, 4) is 0 Å². The molecule has 1 heteroatoms. The lowest BCUT2D eigenvalue weighted by Crippen LogP contribution is -1.93. The van der Waals surface area contributed by atoms with Gasteiger partial charge in [-0.05, 0) is 31.3 Å². The molecule has 0 saturated heterocycles. The monoisotopic (exact) mass is 139 g/mol. The van der Waals surface area contributed by atoms with E-state index in [0.717, 1.165) is 18.4 Å². The van der Waals surface area contributed by atoms with E-state index in [9.17, 15) is 5.11 Å². The fourth-order valence-corrected chi connectivity index (χ4v) is 1.39. The van der Waals surface area contributed by atoms with Gasteiger partial charge < -0.3 is 0 Å². The van der Waals surface area contributed by atoms with E-state index in [1.807, 2.05) is 0 Å². The van der Waals surface area contributed by atoms with Gasteiger partial charge in [0, 0.05) is 0 Å². The maximum atomic E-state index is 10.5. The van der Waals surface area contributed by atoms with Crippen LogP contribution in [0.1, 0.15) is 38.5 Å². The van der Waals surface area contributed by atoms with Crippen LogP contribution in [0.3, 0.4) is 0 Å². The van der Waals surface area contributed by atoms with Gasteiger partial charge in [0.05, 0.1) is 0 Å². The van der Waals surface area contributed by atoms with Crippen LogP contribution >= 0.6 is 0 Å². The van der Waals surface area contributed by atoms with Gasteiger partial charge in [-0.2, -0.15) is 0 Å². The Balaban J connectivity index is 2.35. The highest BCUT2D eigenvalue weighted by Crippen LogP contribution is 2.16. The zero-order chi connectivity index (χ0) is 7.23. The summed E-state index contributed by atoms with van der Waals surface area (Å²) in [4.78, 5) is 0. The third-order valence-electron chi connectivity index (χ3n) is 2.07. The van der Waals surface area contributed by atoms with Gasteiger partial charge in [-0.1, -0.05) is 18.9 Å². The quantitative estimate of drug-likeness (QED) is 0.498. The summed E-state index contributed by atoms with van der Waals surface area (Å²) in [6.07, 6.45) is 9.52. The van der Waals surface area contributed by atoms with Crippen molar-refractivity contribution in [2.45, 2.75) is 38.5 Å². The summed E-state index contributed by atoms with van der Waals surface area (Å²) in [5.41, 5.74) is 1.14. The predicted octanol–water partition coefficient (Wildman–Crippen LogP) is 2.70. The molecule has 0 aromatic carbocycles. The molecule has 1 radical (unpaired) electrons. The van der Waals surface area contributed by atoms with Crippen molar-refractivity contribution in [1.82, 2.24) is 0 Å². The lowest BCUT2D eigenvalue weighted by atomic mass is 10.0. The fourth-order valence-electron chi connectivity index (χ4n) is 1.39. The molecule has 0 aliphatic heterocycles. The lowest BCUT2D eigenvalue weighted by molar-refractivity contribution is 0.219. The van der Waals surface area contributed by atoms with Gasteiger partial charge in [0.2, 0.25) is 0 Å². The van der Waals surface area contributed by atoms with Crippen molar-refractivity contribution >= 4 is 0 Å². The van der Waals surface area contributed by atoms with Gasteiger partial charge in [0.25, 0.3) is 0 Å². The van der Waals surface area contributed by atoms with Crippen LogP contribution in [-0.2, 0) is 5.11 Å². The Hall–Kier alpha value is -0.300. The molecule has 0 amide bonds. The molecule has 1 nitrogen and oxygen atoms in total. The van der Waals surface area contributed by atoms with Crippen LogP contribution in [0.15, 0.2) is 11.6 Å². The molecule has 57 valence electrons. The summed E-state index contributed by atoms with van der Waals surface area (Å²) in [5.74, 6) is 0. The molecule has 0 fully saturated rings. The first-order chi connectivity index (χ1) is 4.93. The minimum atomic E-state index is 0.0278. The largest absolute Gasteiger partial charge is 0.232 e. The Morgan fingerprint density at radius 1 is 1.20 bits per heavy atom. The number of hydrogen-bond donors (Lipinski definition) is 0. The Kier molecular flexibility index (Phi) is 3.52. The molecule has 0 N–H and O–H groups in total. The van der Waals surface area contributed by atoms with Crippen molar-refractivity contribution < 1.29 is 5.11 Å². The zero-order valence-electron chi connectivity index (χ0n) is 6.44. The molecule has 1 rings (SSSR count). The van der Waals surface area contributed by atoms with Gasteiger partial charge in [-0.3, -0.25) is 0 Å². The summed E-state index contributed by atoms with van der Waals surface area (Å²) in [5, 5.41) is 10.5. The van der Waals surface area contributed by atoms with Crippen molar-refractivity contribution in [1.29, 1.82) is 0 Å². The molecule has 0 spiro atoms. The average molecular weight is 139 g/mol. The molecule has 0 aromatic heterocycles. The van der Waals surface area contributed by atoms with Crippen molar-refractivity contribution in [2.75, 3.05) is 6.61 Å². The summed E-state index contributed by atoms with van der Waals surface area (Å²) in [6.45, 7) is 0.0278. The van der Waals surface area contributed by atoms with Crippen LogP contribution in [-0.4, -0.2) is 6.61 Å². The van der Waals surface area contributed by atoms with E-state index in [1.54, 1.807) is 0 Å². The maximum Gasteiger partial charge on any atom is 0.103 e. The van der Waals surface area contributed by atoms with Crippen LogP contribution in [0, 0.1) is 0 Å². The van der Waals surface area contributed by atoms with E-state index >= 15 is 0 Å². The van der Waals surface area contributed by atoms with Gasteiger partial charge >= 0.3 is 0 Å². The Morgan fingerprint density at radius 3 is 2.80 bits per heavy atom. The Morgan fingerprint density at radius 2 is 2.00 bits per heavy atom. The molecule has 1 aliphatic rings. The SMILES string of the molecule is [O]C/C1=C/CCCCCC1. The van der Waals surface area contributed by atoms with Crippen LogP contribution in [0.5, 0.6) is 0 Å². The minimum absolute atomic E-state index is 0.0278. The number of hydrogen-bond acceptors (Lipinski definition) is 0. The molecule has 1 aliphatic carbocycles. The molecular weight excluding hydrogens is 124 g/mol. The Bertz CT molecular complexity index is 116. The Labute approximate surface area is 62.8 Å². The second kappa shape index (κ2) is 4.51. The molecule has 0 aromatic rings. The van der Waals surface area contributed by atoms with Gasteiger partial charge in [-0.25, -0.2) is 5.11 Å². The van der Waals surface area contributed by atoms with E-state index in [4.69, 9.17) is 0 Å². The van der Waals surface area contributed by atoms with Crippen LogP contribution in [0.25, 0.3) is 0 Å². The zero-order valence-corrected chi connectivity index (χ0v) is 6.44. The number of rotatable bonds is 1. The molecule has 0 saturated carbocycles. The van der Waals surface area contributed by atoms with Crippen molar-refractivity contribution in [2.24, 2.45) is 0 Å². The second-order valence-corrected chi connectivity index (χ2v) is 2.96. The molecule has 0 bridgehead atoms. The van der Waals surface area contributed by atoms with E-state index < -0.39 is 0 Å². The van der Waals surface area contributed by atoms with Crippen molar-refractivity contribution in [3.05, 3.63) is 11.6 Å².